The molecule has 0 N–H and O–H groups in total. The molecule has 30 heavy (non-hydrogen) atoms. The Hall–Kier alpha value is -2.45. The predicted octanol–water partition coefficient (Wildman–Crippen LogP) is 4.24. The normalized spacial score (nSPS) is 17.7. The number of carbonyl (C=O) groups excluding carboxylic acids is 1. The largest absolute Gasteiger partial charge is 0.355 e. The molecular weight excluding hydrogens is 468 g/mol. The van der Waals surface area contributed by atoms with Crippen molar-refractivity contribution in [2.75, 3.05) is 11.5 Å². The van der Waals surface area contributed by atoms with Crippen molar-refractivity contribution in [1.29, 1.82) is 0 Å². The molecule has 0 bridgehead atoms. The third kappa shape index (κ3) is 4.65. The molecule has 1 aliphatic rings. The lowest BCUT2D eigenvalue weighted by molar-refractivity contribution is 0.0670. The summed E-state index contributed by atoms with van der Waals surface area (Å²) in [5, 5.41) is 3.98. The summed E-state index contributed by atoms with van der Waals surface area (Å²) in [6, 6.07) is 16.6. The Labute approximate surface area is 183 Å². The minimum absolute atomic E-state index is 0.0323. The summed E-state index contributed by atoms with van der Waals surface area (Å²) in [5.74, 6) is 0.224. The highest BCUT2D eigenvalue weighted by Crippen LogP contribution is 2.26. The van der Waals surface area contributed by atoms with Crippen LogP contribution in [0.2, 0.25) is 0 Å². The number of rotatable bonds is 5. The molecule has 2 heterocycles. The van der Waals surface area contributed by atoms with Gasteiger partial charge < -0.3 is 9.42 Å². The van der Waals surface area contributed by atoms with E-state index in [0.717, 1.165) is 21.2 Å². The molecule has 1 amide bonds. The third-order valence-corrected chi connectivity index (χ3v) is 7.46. The Morgan fingerprint density at radius 3 is 2.63 bits per heavy atom. The van der Waals surface area contributed by atoms with Crippen LogP contribution >= 0.6 is 15.9 Å². The summed E-state index contributed by atoms with van der Waals surface area (Å²) >= 11 is 3.44. The molecule has 156 valence electrons. The van der Waals surface area contributed by atoms with Crippen molar-refractivity contribution in [3.63, 3.8) is 0 Å². The molecule has 4 rings (SSSR count). The van der Waals surface area contributed by atoms with Gasteiger partial charge in [-0.1, -0.05) is 63.0 Å². The molecule has 2 aromatic carbocycles. The molecule has 3 aromatic rings. The van der Waals surface area contributed by atoms with Gasteiger partial charge in [-0.15, -0.1) is 0 Å². The molecule has 1 aliphatic heterocycles. The Morgan fingerprint density at radius 2 is 1.97 bits per heavy atom. The molecule has 1 fully saturated rings. The van der Waals surface area contributed by atoms with E-state index < -0.39 is 9.84 Å². The van der Waals surface area contributed by atoms with E-state index >= 15 is 0 Å². The van der Waals surface area contributed by atoms with Crippen molar-refractivity contribution in [2.24, 2.45) is 0 Å². The summed E-state index contributed by atoms with van der Waals surface area (Å²) in [7, 11) is -3.15. The van der Waals surface area contributed by atoms with E-state index in [9.17, 15) is 13.2 Å². The molecule has 1 unspecified atom stereocenters. The van der Waals surface area contributed by atoms with Crippen LogP contribution in [0.15, 0.2) is 63.6 Å². The molecular formula is C22H21BrN2O4S. The molecule has 6 nitrogen and oxygen atoms in total. The summed E-state index contributed by atoms with van der Waals surface area (Å²) in [4.78, 5) is 14.9. The van der Waals surface area contributed by atoms with Gasteiger partial charge in [0.25, 0.3) is 5.91 Å². The van der Waals surface area contributed by atoms with Gasteiger partial charge in [0.2, 0.25) is 0 Å². The molecule has 1 aromatic heterocycles. The second kappa shape index (κ2) is 8.35. The van der Waals surface area contributed by atoms with Gasteiger partial charge in [-0.2, -0.15) is 0 Å². The first kappa shape index (κ1) is 20.8. The van der Waals surface area contributed by atoms with Crippen molar-refractivity contribution in [3.05, 3.63) is 75.9 Å². The van der Waals surface area contributed by atoms with E-state index in [1.807, 2.05) is 55.5 Å². The molecule has 0 radical (unpaired) electrons. The summed E-state index contributed by atoms with van der Waals surface area (Å²) < 4.78 is 30.4. The zero-order valence-corrected chi connectivity index (χ0v) is 18.8. The fraction of sp³-hybridized carbons (Fsp3) is 0.273. The van der Waals surface area contributed by atoms with Crippen LogP contribution in [0.1, 0.15) is 28.0 Å². The number of hydrogen-bond acceptors (Lipinski definition) is 5. The molecule has 8 heteroatoms. The van der Waals surface area contributed by atoms with Gasteiger partial charge in [0.05, 0.1) is 11.5 Å². The number of nitrogens with zero attached hydrogens (tertiary/aromatic N) is 2. The van der Waals surface area contributed by atoms with Crippen LogP contribution in [0, 0.1) is 6.92 Å². The molecule has 0 spiro atoms. The number of sulfone groups is 1. The molecule has 1 saturated heterocycles. The quantitative estimate of drug-likeness (QED) is 0.536. The summed E-state index contributed by atoms with van der Waals surface area (Å²) in [6.07, 6.45) is 0.421. The smallest absolute Gasteiger partial charge is 0.276 e. The zero-order valence-electron chi connectivity index (χ0n) is 16.4. The van der Waals surface area contributed by atoms with Crippen molar-refractivity contribution in [1.82, 2.24) is 10.1 Å². The van der Waals surface area contributed by atoms with Crippen molar-refractivity contribution in [2.45, 2.75) is 25.9 Å². The number of hydrogen-bond donors (Lipinski definition) is 0. The Morgan fingerprint density at radius 1 is 1.20 bits per heavy atom. The van der Waals surface area contributed by atoms with Crippen molar-refractivity contribution in [3.8, 4) is 11.3 Å². The summed E-state index contributed by atoms with van der Waals surface area (Å²) in [6.45, 7) is 2.29. The fourth-order valence-corrected chi connectivity index (χ4v) is 5.77. The number of benzene rings is 2. The van der Waals surface area contributed by atoms with Gasteiger partial charge in [0, 0.05) is 28.7 Å². The van der Waals surface area contributed by atoms with E-state index in [2.05, 4.69) is 21.1 Å². The minimum Gasteiger partial charge on any atom is -0.355 e. The van der Waals surface area contributed by atoms with E-state index in [-0.39, 0.29) is 29.1 Å². The van der Waals surface area contributed by atoms with E-state index in [1.54, 1.807) is 11.0 Å². The highest BCUT2D eigenvalue weighted by Gasteiger charge is 2.36. The van der Waals surface area contributed by atoms with Crippen LogP contribution in [0.3, 0.4) is 0 Å². The maximum Gasteiger partial charge on any atom is 0.276 e. The Balaban J connectivity index is 1.63. The molecule has 0 saturated carbocycles. The third-order valence-electron chi connectivity index (χ3n) is 5.22. The molecule has 0 aliphatic carbocycles. The van der Waals surface area contributed by atoms with Crippen LogP contribution in [0.25, 0.3) is 11.3 Å². The van der Waals surface area contributed by atoms with Crippen LogP contribution in [-0.2, 0) is 16.4 Å². The molecule has 1 atom stereocenters. The van der Waals surface area contributed by atoms with Crippen LogP contribution in [-0.4, -0.2) is 41.9 Å². The number of aryl methyl sites for hydroxylation is 1. The maximum atomic E-state index is 13.3. The summed E-state index contributed by atoms with van der Waals surface area (Å²) in [5.41, 5.74) is 3.03. The number of amides is 1. The maximum absolute atomic E-state index is 13.3. The minimum atomic E-state index is -3.15. The lowest BCUT2D eigenvalue weighted by atomic mass is 10.1. The van der Waals surface area contributed by atoms with Gasteiger partial charge in [0.15, 0.2) is 21.3 Å². The number of carbonyl (C=O) groups is 1. The second-order valence-electron chi connectivity index (χ2n) is 7.56. The SMILES string of the molecule is Cc1ccc(-c2cc(C(=O)N(Cc3cccc(Br)c3)C3CCS(=O)(=O)C3)no2)cc1. The van der Waals surface area contributed by atoms with Gasteiger partial charge in [-0.3, -0.25) is 4.79 Å². The lowest BCUT2D eigenvalue weighted by Gasteiger charge is -2.27. The van der Waals surface area contributed by atoms with Crippen molar-refractivity contribution < 1.29 is 17.7 Å². The topological polar surface area (TPSA) is 80.5 Å². The first-order valence-electron chi connectivity index (χ1n) is 9.60. The van der Waals surface area contributed by atoms with E-state index in [0.29, 0.717) is 18.7 Å². The first-order valence-corrected chi connectivity index (χ1v) is 12.2. The van der Waals surface area contributed by atoms with Gasteiger partial charge in [-0.25, -0.2) is 8.42 Å². The Kier molecular flexibility index (Phi) is 5.79. The van der Waals surface area contributed by atoms with E-state index in [1.165, 1.54) is 0 Å². The van der Waals surface area contributed by atoms with E-state index in [4.69, 9.17) is 4.52 Å². The predicted molar refractivity (Wildman–Crippen MR) is 118 cm³/mol. The monoisotopic (exact) mass is 488 g/mol. The van der Waals surface area contributed by atoms with Gasteiger partial charge in [-0.05, 0) is 31.0 Å². The van der Waals surface area contributed by atoms with Crippen LogP contribution < -0.4 is 0 Å². The highest BCUT2D eigenvalue weighted by molar-refractivity contribution is 9.10. The standard InChI is InChI=1S/C22H21BrN2O4S/c1-15-5-7-17(8-6-15)21-12-20(24-29-21)22(26)25(19-9-10-30(27,28)14-19)13-16-3-2-4-18(23)11-16/h2-8,11-12,19H,9-10,13-14H2,1H3. The second-order valence-corrected chi connectivity index (χ2v) is 10.7. The number of halogens is 1. The highest BCUT2D eigenvalue weighted by atomic mass is 79.9. The average Bonchev–Trinajstić information content (AvgIpc) is 3.33. The number of aromatic nitrogens is 1. The van der Waals surface area contributed by atoms with Gasteiger partial charge >= 0.3 is 0 Å². The average molecular weight is 489 g/mol. The van der Waals surface area contributed by atoms with Crippen LogP contribution in [0.5, 0.6) is 0 Å². The van der Waals surface area contributed by atoms with Crippen LogP contribution in [0.4, 0.5) is 0 Å². The van der Waals surface area contributed by atoms with Crippen molar-refractivity contribution >= 4 is 31.7 Å². The fourth-order valence-electron chi connectivity index (χ4n) is 3.60. The zero-order chi connectivity index (χ0) is 21.3. The first-order chi connectivity index (χ1) is 14.3. The Bertz CT molecular complexity index is 1170. The van der Waals surface area contributed by atoms with Gasteiger partial charge in [0.1, 0.15) is 0 Å². The lowest BCUT2D eigenvalue weighted by Crippen LogP contribution is -2.40.